The van der Waals surface area contributed by atoms with Gasteiger partial charge < -0.3 is 10.2 Å². The monoisotopic (exact) mass is 333 g/mol. The van der Waals surface area contributed by atoms with Gasteiger partial charge >= 0.3 is 0 Å². The highest BCUT2D eigenvalue weighted by atomic mass is 19.1. The van der Waals surface area contributed by atoms with Crippen molar-refractivity contribution in [2.24, 2.45) is 0 Å². The molecule has 2 aliphatic heterocycles. The fourth-order valence-corrected chi connectivity index (χ4v) is 3.87. The van der Waals surface area contributed by atoms with Crippen molar-refractivity contribution in [1.29, 1.82) is 0 Å². The summed E-state index contributed by atoms with van der Waals surface area (Å²) in [6.45, 7) is 6.46. The molecule has 0 unspecified atom stereocenters. The lowest BCUT2D eigenvalue weighted by Gasteiger charge is -2.34. The molecular weight excluding hydrogens is 305 g/mol. The smallest absolute Gasteiger partial charge is 0.219 e. The Hall–Kier alpha value is -1.46. The Morgan fingerprint density at radius 3 is 2.38 bits per heavy atom. The zero-order valence-electron chi connectivity index (χ0n) is 14.5. The standard InChI is InChI=1S/C19H28FN3O/c1-15(24)22-12-8-18(9-13-22)21-14-19(23-10-2-3-11-23)16-4-6-17(20)7-5-16/h4-7,18-19,21H,2-3,8-14H2,1H3/t19-/m0/s1. The van der Waals surface area contributed by atoms with Gasteiger partial charge in [0.25, 0.3) is 0 Å². The van der Waals surface area contributed by atoms with Crippen molar-refractivity contribution in [3.8, 4) is 0 Å². The molecule has 2 aliphatic rings. The molecule has 2 fully saturated rings. The van der Waals surface area contributed by atoms with Gasteiger partial charge in [-0.25, -0.2) is 4.39 Å². The minimum absolute atomic E-state index is 0.176. The number of hydrogen-bond donors (Lipinski definition) is 1. The summed E-state index contributed by atoms with van der Waals surface area (Å²) in [5.41, 5.74) is 1.19. The number of nitrogens with zero attached hydrogens (tertiary/aromatic N) is 2. The predicted octanol–water partition coefficient (Wildman–Crippen LogP) is 2.56. The lowest BCUT2D eigenvalue weighted by molar-refractivity contribution is -0.129. The quantitative estimate of drug-likeness (QED) is 0.899. The number of hydrogen-bond acceptors (Lipinski definition) is 3. The highest BCUT2D eigenvalue weighted by Crippen LogP contribution is 2.25. The van der Waals surface area contributed by atoms with Crippen LogP contribution in [-0.4, -0.2) is 54.5 Å². The summed E-state index contributed by atoms with van der Waals surface area (Å²) in [6, 6.07) is 7.72. The molecule has 1 aromatic carbocycles. The van der Waals surface area contributed by atoms with Crippen LogP contribution in [0.15, 0.2) is 24.3 Å². The number of halogens is 1. The second-order valence-corrected chi connectivity index (χ2v) is 7.00. The van der Waals surface area contributed by atoms with E-state index in [1.165, 1.54) is 18.4 Å². The third-order valence-electron chi connectivity index (χ3n) is 5.38. The van der Waals surface area contributed by atoms with E-state index in [2.05, 4.69) is 10.2 Å². The van der Waals surface area contributed by atoms with E-state index in [1.807, 2.05) is 17.0 Å². The van der Waals surface area contributed by atoms with Crippen molar-refractivity contribution in [2.75, 3.05) is 32.7 Å². The molecule has 5 heteroatoms. The van der Waals surface area contributed by atoms with E-state index >= 15 is 0 Å². The highest BCUT2D eigenvalue weighted by Gasteiger charge is 2.26. The lowest BCUT2D eigenvalue weighted by Crippen LogP contribution is -2.46. The van der Waals surface area contributed by atoms with Gasteiger partial charge in [0.05, 0.1) is 0 Å². The van der Waals surface area contributed by atoms with Crippen molar-refractivity contribution >= 4 is 5.91 Å². The number of nitrogens with one attached hydrogen (secondary N) is 1. The maximum absolute atomic E-state index is 13.2. The molecule has 0 aromatic heterocycles. The molecule has 0 radical (unpaired) electrons. The molecule has 2 heterocycles. The molecule has 1 atom stereocenters. The minimum Gasteiger partial charge on any atom is -0.343 e. The van der Waals surface area contributed by atoms with Gasteiger partial charge in [-0.05, 0) is 56.5 Å². The van der Waals surface area contributed by atoms with Crippen LogP contribution in [0.25, 0.3) is 0 Å². The van der Waals surface area contributed by atoms with Crippen LogP contribution >= 0.6 is 0 Å². The number of benzene rings is 1. The number of piperidine rings is 1. The van der Waals surface area contributed by atoms with Gasteiger partial charge in [-0.15, -0.1) is 0 Å². The SMILES string of the molecule is CC(=O)N1CCC(NC[C@@H](c2ccc(F)cc2)N2CCCC2)CC1. The molecular formula is C19H28FN3O. The van der Waals surface area contributed by atoms with Gasteiger partial charge in [0.15, 0.2) is 0 Å². The van der Waals surface area contributed by atoms with Crippen LogP contribution in [0.1, 0.15) is 44.2 Å². The summed E-state index contributed by atoms with van der Waals surface area (Å²) >= 11 is 0. The second kappa shape index (κ2) is 8.08. The Labute approximate surface area is 144 Å². The van der Waals surface area contributed by atoms with E-state index in [-0.39, 0.29) is 11.7 Å². The Kier molecular flexibility index (Phi) is 5.85. The predicted molar refractivity (Wildman–Crippen MR) is 93.2 cm³/mol. The molecule has 2 saturated heterocycles. The van der Waals surface area contributed by atoms with Gasteiger partial charge in [0, 0.05) is 38.6 Å². The fourth-order valence-electron chi connectivity index (χ4n) is 3.87. The zero-order chi connectivity index (χ0) is 16.9. The first-order valence-corrected chi connectivity index (χ1v) is 9.12. The van der Waals surface area contributed by atoms with Gasteiger partial charge in [0.1, 0.15) is 5.82 Å². The maximum Gasteiger partial charge on any atom is 0.219 e. The van der Waals surface area contributed by atoms with Crippen molar-refractivity contribution in [3.63, 3.8) is 0 Å². The normalized spacial score (nSPS) is 21.2. The number of rotatable bonds is 5. The van der Waals surface area contributed by atoms with Crippen molar-refractivity contribution in [1.82, 2.24) is 15.1 Å². The molecule has 1 N–H and O–H groups in total. The van der Waals surface area contributed by atoms with Crippen LogP contribution < -0.4 is 5.32 Å². The number of amides is 1. The first-order chi connectivity index (χ1) is 11.6. The Morgan fingerprint density at radius 2 is 1.79 bits per heavy atom. The Bertz CT molecular complexity index is 534. The lowest BCUT2D eigenvalue weighted by atomic mass is 10.0. The Morgan fingerprint density at radius 1 is 1.17 bits per heavy atom. The van der Waals surface area contributed by atoms with Gasteiger partial charge in [-0.3, -0.25) is 9.69 Å². The molecule has 132 valence electrons. The van der Waals surface area contributed by atoms with E-state index in [9.17, 15) is 9.18 Å². The van der Waals surface area contributed by atoms with Crippen LogP contribution in [0.2, 0.25) is 0 Å². The third kappa shape index (κ3) is 4.33. The zero-order valence-corrected chi connectivity index (χ0v) is 14.5. The highest BCUT2D eigenvalue weighted by molar-refractivity contribution is 5.73. The van der Waals surface area contributed by atoms with Crippen LogP contribution in [0.3, 0.4) is 0 Å². The molecule has 3 rings (SSSR count). The van der Waals surface area contributed by atoms with Crippen LogP contribution in [0, 0.1) is 5.82 Å². The molecule has 0 aliphatic carbocycles. The average Bonchev–Trinajstić information content (AvgIpc) is 3.11. The summed E-state index contributed by atoms with van der Waals surface area (Å²) in [5, 5.41) is 3.70. The molecule has 0 bridgehead atoms. The van der Waals surface area contributed by atoms with Crippen LogP contribution in [0.5, 0.6) is 0 Å². The summed E-state index contributed by atoms with van der Waals surface area (Å²) in [5.74, 6) is -0.00167. The molecule has 0 spiro atoms. The maximum atomic E-state index is 13.2. The van der Waals surface area contributed by atoms with E-state index in [4.69, 9.17) is 0 Å². The molecule has 1 aromatic rings. The number of carbonyl (C=O) groups is 1. The summed E-state index contributed by atoms with van der Waals surface area (Å²) in [7, 11) is 0. The second-order valence-electron chi connectivity index (χ2n) is 7.00. The van der Waals surface area contributed by atoms with Crippen molar-refractivity contribution in [2.45, 2.75) is 44.7 Å². The van der Waals surface area contributed by atoms with Gasteiger partial charge in [-0.1, -0.05) is 12.1 Å². The topological polar surface area (TPSA) is 35.6 Å². The molecule has 1 amide bonds. The van der Waals surface area contributed by atoms with Crippen molar-refractivity contribution in [3.05, 3.63) is 35.6 Å². The molecule has 24 heavy (non-hydrogen) atoms. The van der Waals surface area contributed by atoms with E-state index in [0.717, 1.165) is 45.6 Å². The van der Waals surface area contributed by atoms with Crippen molar-refractivity contribution < 1.29 is 9.18 Å². The third-order valence-corrected chi connectivity index (χ3v) is 5.38. The number of likely N-dealkylation sites (tertiary alicyclic amines) is 2. The summed E-state index contributed by atoms with van der Waals surface area (Å²) in [4.78, 5) is 15.9. The first-order valence-electron chi connectivity index (χ1n) is 9.12. The van der Waals surface area contributed by atoms with Gasteiger partial charge in [-0.2, -0.15) is 0 Å². The summed E-state index contributed by atoms with van der Waals surface area (Å²) < 4.78 is 13.2. The van der Waals surface area contributed by atoms with Crippen LogP contribution in [0.4, 0.5) is 4.39 Å². The largest absolute Gasteiger partial charge is 0.343 e. The van der Waals surface area contributed by atoms with E-state index < -0.39 is 0 Å². The van der Waals surface area contributed by atoms with E-state index in [0.29, 0.717) is 12.1 Å². The number of carbonyl (C=O) groups excluding carboxylic acids is 1. The summed E-state index contributed by atoms with van der Waals surface area (Å²) in [6.07, 6.45) is 4.51. The first kappa shape index (κ1) is 17.4. The average molecular weight is 333 g/mol. The molecule has 4 nitrogen and oxygen atoms in total. The van der Waals surface area contributed by atoms with E-state index in [1.54, 1.807) is 19.1 Å². The fraction of sp³-hybridized carbons (Fsp3) is 0.632. The van der Waals surface area contributed by atoms with Gasteiger partial charge in [0.2, 0.25) is 5.91 Å². The van der Waals surface area contributed by atoms with Crippen LogP contribution in [-0.2, 0) is 4.79 Å². The minimum atomic E-state index is -0.177. The molecule has 0 saturated carbocycles. The Balaban J connectivity index is 1.58.